The van der Waals surface area contributed by atoms with Gasteiger partial charge in [-0.2, -0.15) is 0 Å². The summed E-state index contributed by atoms with van der Waals surface area (Å²) in [6, 6.07) is 0. The minimum Gasteiger partial charge on any atom is -0.126 e. The van der Waals surface area contributed by atoms with Gasteiger partial charge in [-0.15, -0.1) is 11.6 Å². The van der Waals surface area contributed by atoms with E-state index in [-0.39, 0.29) is 0 Å². The highest BCUT2D eigenvalue weighted by Crippen LogP contribution is 2.47. The zero-order chi connectivity index (χ0) is 10.4. The predicted octanol–water partition coefficient (Wildman–Crippen LogP) is 5.00. The van der Waals surface area contributed by atoms with Crippen LogP contribution in [0.4, 0.5) is 0 Å². The van der Waals surface area contributed by atoms with E-state index in [1.807, 2.05) is 0 Å². The van der Waals surface area contributed by atoms with Crippen LogP contribution in [0.5, 0.6) is 0 Å². The molecule has 0 radical (unpaired) electrons. The highest BCUT2D eigenvalue weighted by Gasteiger charge is 2.37. The van der Waals surface area contributed by atoms with E-state index in [1.54, 1.807) is 0 Å². The Bertz CT molecular complexity index is 144. The zero-order valence-corrected chi connectivity index (χ0v) is 10.6. The summed E-state index contributed by atoms with van der Waals surface area (Å²) in [4.78, 5) is 0. The maximum Gasteiger partial charge on any atom is 0.0280 e. The molecule has 14 heavy (non-hydrogen) atoms. The fraction of sp³-hybridized carbons (Fsp3) is 1.00. The van der Waals surface area contributed by atoms with Crippen LogP contribution in [0.1, 0.15) is 65.2 Å². The molecule has 1 aliphatic rings. The van der Waals surface area contributed by atoms with Gasteiger partial charge < -0.3 is 0 Å². The smallest absolute Gasteiger partial charge is 0.0280 e. The molecule has 0 bridgehead atoms. The van der Waals surface area contributed by atoms with Gasteiger partial charge in [-0.25, -0.2) is 0 Å². The number of rotatable bonds is 7. The first-order chi connectivity index (χ1) is 6.76. The van der Waals surface area contributed by atoms with Crippen LogP contribution < -0.4 is 0 Å². The van der Waals surface area contributed by atoms with Crippen molar-refractivity contribution in [2.45, 2.75) is 65.2 Å². The van der Waals surface area contributed by atoms with Crippen molar-refractivity contribution in [1.29, 1.82) is 0 Å². The lowest BCUT2D eigenvalue weighted by Gasteiger charge is -2.42. The third-order valence-electron chi connectivity index (χ3n) is 3.96. The van der Waals surface area contributed by atoms with Crippen LogP contribution in [0.15, 0.2) is 0 Å². The molecule has 0 aromatic rings. The summed E-state index contributed by atoms with van der Waals surface area (Å²) in [5.74, 6) is 1.84. The lowest BCUT2D eigenvalue weighted by Crippen LogP contribution is -2.33. The molecule has 0 saturated heterocycles. The number of hydrogen-bond acceptors (Lipinski definition) is 0. The number of halogens is 1. The summed E-state index contributed by atoms with van der Waals surface area (Å²) < 4.78 is 0. The monoisotopic (exact) mass is 216 g/mol. The molecule has 0 amide bonds. The largest absolute Gasteiger partial charge is 0.126 e. The topological polar surface area (TPSA) is 0 Å². The van der Waals surface area contributed by atoms with Gasteiger partial charge in [-0.3, -0.25) is 0 Å². The molecule has 0 aromatic heterocycles. The predicted molar refractivity (Wildman–Crippen MR) is 64.9 cm³/mol. The maximum absolute atomic E-state index is 6.10. The van der Waals surface area contributed by atoms with Crippen LogP contribution in [0.25, 0.3) is 0 Å². The Labute approximate surface area is 94.4 Å². The van der Waals surface area contributed by atoms with Gasteiger partial charge in [-0.05, 0) is 30.6 Å². The lowest BCUT2D eigenvalue weighted by atomic mass is 9.65. The van der Waals surface area contributed by atoms with Gasteiger partial charge in [0.15, 0.2) is 0 Å². The Morgan fingerprint density at radius 3 is 2.36 bits per heavy atom. The van der Waals surface area contributed by atoms with Crippen LogP contribution in [0.3, 0.4) is 0 Å². The SMILES string of the molecule is CCCCC(CC)CC1(CCl)CCC1. The summed E-state index contributed by atoms with van der Waals surface area (Å²) in [5, 5.41) is 0. The van der Waals surface area contributed by atoms with E-state index in [0.717, 1.165) is 11.8 Å². The summed E-state index contributed by atoms with van der Waals surface area (Å²) in [6.45, 7) is 4.62. The van der Waals surface area contributed by atoms with Crippen molar-refractivity contribution >= 4 is 11.6 Å². The van der Waals surface area contributed by atoms with E-state index in [4.69, 9.17) is 11.6 Å². The second-order valence-corrected chi connectivity index (χ2v) is 5.38. The van der Waals surface area contributed by atoms with Gasteiger partial charge in [0.25, 0.3) is 0 Å². The molecular formula is C13H25Cl. The quantitative estimate of drug-likeness (QED) is 0.526. The molecule has 0 heterocycles. The van der Waals surface area contributed by atoms with Crippen LogP contribution in [-0.2, 0) is 0 Å². The first-order valence-electron chi connectivity index (χ1n) is 6.32. The maximum atomic E-state index is 6.10. The fourth-order valence-electron chi connectivity index (χ4n) is 2.62. The molecule has 1 atom stereocenters. The van der Waals surface area contributed by atoms with E-state index in [0.29, 0.717) is 5.41 Å². The van der Waals surface area contributed by atoms with Gasteiger partial charge in [0.05, 0.1) is 0 Å². The Morgan fingerprint density at radius 2 is 2.00 bits per heavy atom. The first kappa shape index (κ1) is 12.4. The van der Waals surface area contributed by atoms with Crippen LogP contribution >= 0.6 is 11.6 Å². The summed E-state index contributed by atoms with van der Waals surface area (Å²) in [7, 11) is 0. The fourth-order valence-corrected chi connectivity index (χ4v) is 3.00. The van der Waals surface area contributed by atoms with Crippen molar-refractivity contribution < 1.29 is 0 Å². The molecule has 0 spiro atoms. The average Bonchev–Trinajstić information content (AvgIpc) is 2.16. The van der Waals surface area contributed by atoms with Crippen LogP contribution in [0.2, 0.25) is 0 Å². The molecule has 0 nitrogen and oxygen atoms in total. The summed E-state index contributed by atoms with van der Waals surface area (Å²) in [6.07, 6.45) is 11.1. The highest BCUT2D eigenvalue weighted by atomic mass is 35.5. The third-order valence-corrected chi connectivity index (χ3v) is 4.53. The van der Waals surface area contributed by atoms with Crippen molar-refractivity contribution in [3.05, 3.63) is 0 Å². The molecule has 0 N–H and O–H groups in total. The van der Waals surface area contributed by atoms with Gasteiger partial charge in [0, 0.05) is 5.88 Å². The normalized spacial score (nSPS) is 21.6. The van der Waals surface area contributed by atoms with Crippen LogP contribution in [-0.4, -0.2) is 5.88 Å². The molecule has 1 unspecified atom stereocenters. The number of unbranched alkanes of at least 4 members (excludes halogenated alkanes) is 1. The Balaban J connectivity index is 2.30. The Morgan fingerprint density at radius 1 is 1.29 bits per heavy atom. The van der Waals surface area contributed by atoms with E-state index in [1.165, 1.54) is 51.4 Å². The standard InChI is InChI=1S/C13H25Cl/c1-3-5-7-12(4-2)10-13(11-14)8-6-9-13/h12H,3-11H2,1-2H3. The second-order valence-electron chi connectivity index (χ2n) is 5.11. The van der Waals surface area contributed by atoms with E-state index in [2.05, 4.69) is 13.8 Å². The van der Waals surface area contributed by atoms with Gasteiger partial charge in [-0.1, -0.05) is 46.0 Å². The molecule has 1 heteroatoms. The second kappa shape index (κ2) is 6.00. The molecule has 84 valence electrons. The zero-order valence-electron chi connectivity index (χ0n) is 9.82. The van der Waals surface area contributed by atoms with Crippen molar-refractivity contribution in [2.24, 2.45) is 11.3 Å². The Kier molecular flexibility index (Phi) is 5.30. The molecule has 0 aromatic carbocycles. The first-order valence-corrected chi connectivity index (χ1v) is 6.85. The molecule has 1 saturated carbocycles. The number of alkyl halides is 1. The minimum absolute atomic E-state index is 0.552. The molecule has 1 aliphatic carbocycles. The molecule has 1 fully saturated rings. The van der Waals surface area contributed by atoms with Crippen molar-refractivity contribution in [2.75, 3.05) is 5.88 Å². The van der Waals surface area contributed by atoms with E-state index in [9.17, 15) is 0 Å². The lowest BCUT2D eigenvalue weighted by molar-refractivity contribution is 0.116. The van der Waals surface area contributed by atoms with Gasteiger partial charge >= 0.3 is 0 Å². The molecule has 0 aliphatic heterocycles. The van der Waals surface area contributed by atoms with E-state index >= 15 is 0 Å². The Hall–Kier alpha value is 0.290. The average molecular weight is 217 g/mol. The third kappa shape index (κ3) is 3.15. The van der Waals surface area contributed by atoms with E-state index < -0.39 is 0 Å². The van der Waals surface area contributed by atoms with Crippen molar-refractivity contribution in [3.63, 3.8) is 0 Å². The van der Waals surface area contributed by atoms with Crippen molar-refractivity contribution in [3.8, 4) is 0 Å². The van der Waals surface area contributed by atoms with Crippen molar-refractivity contribution in [1.82, 2.24) is 0 Å². The van der Waals surface area contributed by atoms with Crippen LogP contribution in [0, 0.1) is 11.3 Å². The molecular weight excluding hydrogens is 192 g/mol. The number of hydrogen-bond donors (Lipinski definition) is 0. The summed E-state index contributed by atoms with van der Waals surface area (Å²) in [5.41, 5.74) is 0.552. The highest BCUT2D eigenvalue weighted by molar-refractivity contribution is 6.18. The molecule has 1 rings (SSSR count). The summed E-state index contributed by atoms with van der Waals surface area (Å²) >= 11 is 6.10. The van der Waals surface area contributed by atoms with Gasteiger partial charge in [0.2, 0.25) is 0 Å². The van der Waals surface area contributed by atoms with Gasteiger partial charge in [0.1, 0.15) is 0 Å². The minimum atomic E-state index is 0.552.